The molecule has 2 heterocycles. The minimum atomic E-state index is -4.65. The maximum Gasteiger partial charge on any atom is 0.451 e. The van der Waals surface area contributed by atoms with Crippen LogP contribution in [0.4, 0.5) is 24.8 Å². The molecule has 0 aliphatic rings. The number of nitrogens with one attached hydrogen (secondary N) is 1. The number of hydrogen-bond acceptors (Lipinski definition) is 4. The van der Waals surface area contributed by atoms with Gasteiger partial charge in [-0.1, -0.05) is 11.6 Å². The minimum absolute atomic E-state index is 0.0685. The maximum atomic E-state index is 12.5. The van der Waals surface area contributed by atoms with E-state index in [0.717, 1.165) is 0 Å². The van der Waals surface area contributed by atoms with Gasteiger partial charge in [0.05, 0.1) is 0 Å². The molecule has 2 aromatic heterocycles. The van der Waals surface area contributed by atoms with E-state index < -0.39 is 12.0 Å². The second-order valence-electron chi connectivity index (χ2n) is 3.40. The van der Waals surface area contributed by atoms with E-state index in [-0.39, 0.29) is 11.0 Å². The zero-order chi connectivity index (χ0) is 13.3. The number of aromatic nitrogens is 4. The highest BCUT2D eigenvalue weighted by Crippen LogP contribution is 2.28. The summed E-state index contributed by atoms with van der Waals surface area (Å²) in [7, 11) is 1.68. The molecule has 5 nitrogen and oxygen atoms in total. The zero-order valence-corrected chi connectivity index (χ0v) is 9.79. The molecule has 0 aromatic carbocycles. The van der Waals surface area contributed by atoms with E-state index in [1.54, 1.807) is 19.3 Å². The van der Waals surface area contributed by atoms with E-state index in [0.29, 0.717) is 5.82 Å². The summed E-state index contributed by atoms with van der Waals surface area (Å²) in [6.07, 6.45) is -3.01. The Labute approximate surface area is 105 Å². The minimum Gasteiger partial charge on any atom is -0.323 e. The lowest BCUT2D eigenvalue weighted by molar-refractivity contribution is -0.144. The van der Waals surface area contributed by atoms with Gasteiger partial charge in [-0.3, -0.25) is 4.68 Å². The molecule has 2 aromatic rings. The van der Waals surface area contributed by atoms with Gasteiger partial charge in [0.1, 0.15) is 11.0 Å². The quantitative estimate of drug-likeness (QED) is 0.858. The van der Waals surface area contributed by atoms with Crippen LogP contribution in [0.25, 0.3) is 0 Å². The van der Waals surface area contributed by atoms with Crippen LogP contribution in [-0.4, -0.2) is 19.7 Å². The third-order valence-electron chi connectivity index (χ3n) is 1.92. The molecule has 18 heavy (non-hydrogen) atoms. The van der Waals surface area contributed by atoms with Crippen molar-refractivity contribution >= 4 is 23.2 Å². The van der Waals surface area contributed by atoms with Gasteiger partial charge in [0.2, 0.25) is 5.82 Å². The molecule has 96 valence electrons. The number of anilines is 2. The van der Waals surface area contributed by atoms with E-state index >= 15 is 0 Å². The van der Waals surface area contributed by atoms with Gasteiger partial charge in [0.15, 0.2) is 5.82 Å². The van der Waals surface area contributed by atoms with Crippen LogP contribution in [-0.2, 0) is 13.2 Å². The van der Waals surface area contributed by atoms with Gasteiger partial charge in [-0.25, -0.2) is 9.97 Å². The summed E-state index contributed by atoms with van der Waals surface area (Å²) in [4.78, 5) is 6.44. The van der Waals surface area contributed by atoms with E-state index in [1.165, 1.54) is 10.7 Å². The van der Waals surface area contributed by atoms with Crippen molar-refractivity contribution in [3.63, 3.8) is 0 Å². The van der Waals surface area contributed by atoms with Crippen LogP contribution < -0.4 is 5.32 Å². The Bertz CT molecular complexity index is 566. The largest absolute Gasteiger partial charge is 0.451 e. The number of alkyl halides is 3. The van der Waals surface area contributed by atoms with Crippen molar-refractivity contribution < 1.29 is 13.2 Å². The van der Waals surface area contributed by atoms with Crippen molar-refractivity contribution in [2.75, 3.05) is 5.32 Å². The summed E-state index contributed by atoms with van der Waals surface area (Å²) < 4.78 is 38.9. The summed E-state index contributed by atoms with van der Waals surface area (Å²) in [5.74, 6) is -1.00. The topological polar surface area (TPSA) is 55.6 Å². The van der Waals surface area contributed by atoms with Crippen molar-refractivity contribution in [2.24, 2.45) is 7.05 Å². The first-order valence-corrected chi connectivity index (χ1v) is 5.11. The number of hydrogen-bond donors (Lipinski definition) is 1. The molecular weight excluding hydrogens is 271 g/mol. The third kappa shape index (κ3) is 2.89. The predicted octanol–water partition coefficient (Wildman–Crippen LogP) is 2.63. The van der Waals surface area contributed by atoms with Gasteiger partial charge in [0, 0.05) is 25.4 Å². The molecular formula is C9H7ClF3N5. The van der Waals surface area contributed by atoms with E-state index in [1.807, 2.05) is 0 Å². The molecule has 0 saturated carbocycles. The molecule has 0 saturated heterocycles. The zero-order valence-electron chi connectivity index (χ0n) is 9.03. The second-order valence-corrected chi connectivity index (χ2v) is 3.78. The molecule has 2 rings (SSSR count). The predicted molar refractivity (Wildman–Crippen MR) is 58.5 cm³/mol. The Hall–Kier alpha value is -1.83. The molecule has 0 unspecified atom stereocenters. The van der Waals surface area contributed by atoms with Gasteiger partial charge < -0.3 is 5.32 Å². The molecule has 0 aliphatic carbocycles. The van der Waals surface area contributed by atoms with Crippen LogP contribution in [0.2, 0.25) is 5.15 Å². The van der Waals surface area contributed by atoms with Crippen molar-refractivity contribution in [3.8, 4) is 0 Å². The van der Waals surface area contributed by atoms with Gasteiger partial charge in [0.25, 0.3) is 0 Å². The third-order valence-corrected chi connectivity index (χ3v) is 2.11. The van der Waals surface area contributed by atoms with Crippen LogP contribution >= 0.6 is 11.6 Å². The summed E-state index contributed by atoms with van der Waals surface area (Å²) in [6, 6.07) is 2.77. The van der Waals surface area contributed by atoms with Crippen LogP contribution in [0.3, 0.4) is 0 Å². The molecule has 0 fully saturated rings. The molecule has 9 heteroatoms. The lowest BCUT2D eigenvalue weighted by Gasteiger charge is -2.08. The number of rotatable bonds is 2. The first kappa shape index (κ1) is 12.6. The van der Waals surface area contributed by atoms with Crippen LogP contribution in [0.5, 0.6) is 0 Å². The van der Waals surface area contributed by atoms with Crippen molar-refractivity contribution in [3.05, 3.63) is 29.3 Å². The Morgan fingerprint density at radius 3 is 2.56 bits per heavy atom. The lowest BCUT2D eigenvalue weighted by Crippen LogP contribution is -2.12. The summed E-state index contributed by atoms with van der Waals surface area (Å²) in [5.41, 5.74) is 0. The molecule has 0 aliphatic heterocycles. The smallest absolute Gasteiger partial charge is 0.323 e. The fourth-order valence-electron chi connectivity index (χ4n) is 1.22. The van der Waals surface area contributed by atoms with E-state index in [9.17, 15) is 13.2 Å². The maximum absolute atomic E-state index is 12.5. The Morgan fingerprint density at radius 1 is 1.28 bits per heavy atom. The molecule has 1 N–H and O–H groups in total. The molecule has 0 amide bonds. The lowest BCUT2D eigenvalue weighted by atomic mass is 10.5. The van der Waals surface area contributed by atoms with E-state index in [4.69, 9.17) is 11.6 Å². The van der Waals surface area contributed by atoms with Crippen LogP contribution in [0.1, 0.15) is 5.82 Å². The van der Waals surface area contributed by atoms with Gasteiger partial charge >= 0.3 is 6.18 Å². The summed E-state index contributed by atoms with van der Waals surface area (Å²) in [5, 5.41) is 6.26. The standard InChI is InChI=1S/C9H7ClF3N5/c1-18-3-2-6(17-18)15-7-4-5(10)14-8(16-7)9(11,12)13/h2-4H,1H3,(H,14,15,16,17). The summed E-state index contributed by atoms with van der Waals surface area (Å²) in [6.45, 7) is 0. The fourth-order valence-corrected chi connectivity index (χ4v) is 1.40. The number of halogens is 4. The Kier molecular flexibility index (Phi) is 3.12. The van der Waals surface area contributed by atoms with Crippen molar-refractivity contribution in [2.45, 2.75) is 6.18 Å². The molecule has 0 atom stereocenters. The van der Waals surface area contributed by atoms with Crippen molar-refractivity contribution in [1.82, 2.24) is 19.7 Å². The normalized spacial score (nSPS) is 11.6. The van der Waals surface area contributed by atoms with Crippen LogP contribution in [0.15, 0.2) is 18.3 Å². The van der Waals surface area contributed by atoms with Crippen molar-refractivity contribution in [1.29, 1.82) is 0 Å². The van der Waals surface area contributed by atoms with Gasteiger partial charge in [-0.15, -0.1) is 0 Å². The fraction of sp³-hybridized carbons (Fsp3) is 0.222. The Balaban J connectivity index is 2.31. The second kappa shape index (κ2) is 4.45. The number of aryl methyl sites for hydroxylation is 1. The highest BCUT2D eigenvalue weighted by molar-refractivity contribution is 6.29. The Morgan fingerprint density at radius 2 is 2.00 bits per heavy atom. The molecule has 0 radical (unpaired) electrons. The average molecular weight is 278 g/mol. The summed E-state index contributed by atoms with van der Waals surface area (Å²) >= 11 is 5.51. The highest BCUT2D eigenvalue weighted by atomic mass is 35.5. The first-order chi connectivity index (χ1) is 8.34. The molecule has 0 spiro atoms. The monoisotopic (exact) mass is 277 g/mol. The SMILES string of the molecule is Cn1ccc(Nc2cc(Cl)nc(C(F)(F)F)n2)n1. The van der Waals surface area contributed by atoms with Gasteiger partial charge in [-0.05, 0) is 0 Å². The van der Waals surface area contributed by atoms with Gasteiger partial charge in [-0.2, -0.15) is 18.3 Å². The van der Waals surface area contributed by atoms with E-state index in [2.05, 4.69) is 20.4 Å². The molecule has 0 bridgehead atoms. The van der Waals surface area contributed by atoms with Crippen LogP contribution in [0, 0.1) is 0 Å². The average Bonchev–Trinajstić information content (AvgIpc) is 2.61. The highest BCUT2D eigenvalue weighted by Gasteiger charge is 2.35. The number of nitrogens with zero attached hydrogens (tertiary/aromatic N) is 4. The first-order valence-electron chi connectivity index (χ1n) is 4.73.